The first-order valence-corrected chi connectivity index (χ1v) is 8.78. The molecule has 0 spiro atoms. The minimum atomic E-state index is -0.246. The summed E-state index contributed by atoms with van der Waals surface area (Å²) in [6, 6.07) is 13.1. The molecule has 0 radical (unpaired) electrons. The molecule has 1 N–H and O–H groups in total. The first-order valence-electron chi connectivity index (χ1n) is 8.01. The molecule has 1 fully saturated rings. The molecule has 0 saturated heterocycles. The van der Waals surface area contributed by atoms with Gasteiger partial charge in [-0.05, 0) is 36.5 Å². The molecule has 0 aliphatic heterocycles. The normalized spacial score (nSPS) is 15.7. The Labute approximate surface area is 144 Å². The number of rotatable bonds is 5. The van der Waals surface area contributed by atoms with Crippen molar-refractivity contribution in [3.63, 3.8) is 0 Å². The Hall–Kier alpha value is -2.34. The zero-order valence-electron chi connectivity index (χ0n) is 13.1. The SMILES string of the molecule is Fc1cccnc1C1(CNc2nsc(-c3ccccc3)n2)CCC1. The Morgan fingerprint density at radius 1 is 1.12 bits per heavy atom. The predicted molar refractivity (Wildman–Crippen MR) is 93.6 cm³/mol. The van der Waals surface area contributed by atoms with Crippen LogP contribution in [0.1, 0.15) is 25.0 Å². The fraction of sp³-hybridized carbons (Fsp3) is 0.278. The molecule has 1 saturated carbocycles. The molecule has 122 valence electrons. The first kappa shape index (κ1) is 15.2. The average molecular weight is 340 g/mol. The first-order chi connectivity index (χ1) is 11.8. The maximum atomic E-state index is 14.1. The van der Waals surface area contributed by atoms with Crippen LogP contribution < -0.4 is 5.32 Å². The van der Waals surface area contributed by atoms with Crippen molar-refractivity contribution in [2.24, 2.45) is 0 Å². The van der Waals surface area contributed by atoms with E-state index in [9.17, 15) is 4.39 Å². The molecule has 0 bridgehead atoms. The van der Waals surface area contributed by atoms with E-state index in [1.807, 2.05) is 30.3 Å². The zero-order valence-corrected chi connectivity index (χ0v) is 13.9. The molecule has 2 aromatic heterocycles. The lowest BCUT2D eigenvalue weighted by molar-refractivity contribution is 0.243. The van der Waals surface area contributed by atoms with Crippen molar-refractivity contribution in [2.75, 3.05) is 11.9 Å². The molecular weight excluding hydrogens is 323 g/mol. The van der Waals surface area contributed by atoms with E-state index in [0.29, 0.717) is 18.2 Å². The maximum absolute atomic E-state index is 14.1. The van der Waals surface area contributed by atoms with E-state index in [1.165, 1.54) is 17.6 Å². The number of hydrogen-bond acceptors (Lipinski definition) is 5. The van der Waals surface area contributed by atoms with Crippen molar-refractivity contribution in [1.29, 1.82) is 0 Å². The molecular formula is C18H17FN4S. The van der Waals surface area contributed by atoms with Gasteiger partial charge in [0.2, 0.25) is 5.95 Å². The fourth-order valence-corrected chi connectivity index (χ4v) is 3.77. The van der Waals surface area contributed by atoms with Gasteiger partial charge in [-0.3, -0.25) is 4.98 Å². The highest BCUT2D eigenvalue weighted by atomic mass is 32.1. The molecule has 4 nitrogen and oxygen atoms in total. The molecule has 24 heavy (non-hydrogen) atoms. The standard InChI is InChI=1S/C18H17FN4S/c19-14-8-4-11-20-15(14)18(9-5-10-18)12-21-17-22-16(24-23-17)13-6-2-1-3-7-13/h1-4,6-8,11H,5,9-10,12H2,(H,21,23). The summed E-state index contributed by atoms with van der Waals surface area (Å²) in [5, 5.41) is 4.16. The van der Waals surface area contributed by atoms with E-state index in [0.717, 1.165) is 29.8 Å². The second-order valence-corrected chi connectivity index (χ2v) is 6.86. The lowest BCUT2D eigenvalue weighted by Crippen LogP contribution is -2.42. The van der Waals surface area contributed by atoms with E-state index in [2.05, 4.69) is 19.7 Å². The third-order valence-corrected chi connectivity index (χ3v) is 5.37. The number of benzene rings is 1. The van der Waals surface area contributed by atoms with Crippen LogP contribution >= 0.6 is 11.5 Å². The highest BCUT2D eigenvalue weighted by molar-refractivity contribution is 7.09. The van der Waals surface area contributed by atoms with Gasteiger partial charge >= 0.3 is 0 Å². The zero-order chi connectivity index (χ0) is 16.4. The number of pyridine rings is 1. The monoisotopic (exact) mass is 340 g/mol. The number of nitrogens with zero attached hydrogens (tertiary/aromatic N) is 3. The van der Waals surface area contributed by atoms with E-state index < -0.39 is 0 Å². The van der Waals surface area contributed by atoms with E-state index in [-0.39, 0.29) is 11.2 Å². The fourth-order valence-electron chi connectivity index (χ4n) is 3.12. The van der Waals surface area contributed by atoms with Gasteiger partial charge in [-0.25, -0.2) is 4.39 Å². The van der Waals surface area contributed by atoms with Crippen molar-refractivity contribution >= 4 is 17.5 Å². The van der Waals surface area contributed by atoms with Crippen LogP contribution in [0.2, 0.25) is 0 Å². The third-order valence-electron chi connectivity index (χ3n) is 4.60. The Morgan fingerprint density at radius 2 is 1.96 bits per heavy atom. The molecule has 0 atom stereocenters. The lowest BCUT2D eigenvalue weighted by Gasteiger charge is -2.41. The largest absolute Gasteiger partial charge is 0.353 e. The second kappa shape index (κ2) is 6.28. The Kier molecular flexibility index (Phi) is 3.98. The predicted octanol–water partition coefficient (Wildman–Crippen LogP) is 4.27. The number of hydrogen-bond donors (Lipinski definition) is 1. The van der Waals surface area contributed by atoms with E-state index >= 15 is 0 Å². The number of nitrogens with one attached hydrogen (secondary N) is 1. The Morgan fingerprint density at radius 3 is 2.67 bits per heavy atom. The Balaban J connectivity index is 1.50. The van der Waals surface area contributed by atoms with Crippen LogP contribution in [0.3, 0.4) is 0 Å². The topological polar surface area (TPSA) is 50.7 Å². The third kappa shape index (κ3) is 2.78. The number of anilines is 1. The van der Waals surface area contributed by atoms with Crippen LogP contribution in [0.5, 0.6) is 0 Å². The van der Waals surface area contributed by atoms with Crippen molar-refractivity contribution in [3.8, 4) is 10.6 Å². The molecule has 2 heterocycles. The molecule has 1 aliphatic carbocycles. The summed E-state index contributed by atoms with van der Waals surface area (Å²) in [6.07, 6.45) is 4.62. The summed E-state index contributed by atoms with van der Waals surface area (Å²) in [5.74, 6) is 0.372. The molecule has 1 aliphatic rings. The van der Waals surface area contributed by atoms with Crippen molar-refractivity contribution in [1.82, 2.24) is 14.3 Å². The highest BCUT2D eigenvalue weighted by Gasteiger charge is 2.41. The van der Waals surface area contributed by atoms with Crippen LogP contribution in [0.4, 0.5) is 10.3 Å². The summed E-state index contributed by atoms with van der Waals surface area (Å²) in [4.78, 5) is 8.82. The minimum Gasteiger partial charge on any atom is -0.353 e. The van der Waals surface area contributed by atoms with Crippen LogP contribution in [0, 0.1) is 5.82 Å². The molecule has 0 unspecified atom stereocenters. The summed E-state index contributed by atoms with van der Waals surface area (Å²) in [6.45, 7) is 0.603. The van der Waals surface area contributed by atoms with Crippen molar-refractivity contribution in [3.05, 3.63) is 60.2 Å². The molecule has 4 rings (SSSR count). The van der Waals surface area contributed by atoms with Gasteiger partial charge in [0.15, 0.2) is 0 Å². The summed E-state index contributed by atoms with van der Waals surface area (Å²) >= 11 is 1.36. The van der Waals surface area contributed by atoms with E-state index in [4.69, 9.17) is 0 Å². The average Bonchev–Trinajstić information content (AvgIpc) is 3.05. The van der Waals surface area contributed by atoms with Gasteiger partial charge in [0, 0.05) is 23.7 Å². The van der Waals surface area contributed by atoms with Gasteiger partial charge in [-0.15, -0.1) is 0 Å². The van der Waals surface area contributed by atoms with Crippen LogP contribution in [0.25, 0.3) is 10.6 Å². The van der Waals surface area contributed by atoms with Crippen molar-refractivity contribution in [2.45, 2.75) is 24.7 Å². The van der Waals surface area contributed by atoms with Gasteiger partial charge < -0.3 is 5.32 Å². The highest BCUT2D eigenvalue weighted by Crippen LogP contribution is 2.43. The molecule has 3 aromatic rings. The summed E-state index contributed by atoms with van der Waals surface area (Å²) in [7, 11) is 0. The summed E-state index contributed by atoms with van der Waals surface area (Å²) < 4.78 is 18.5. The smallest absolute Gasteiger partial charge is 0.235 e. The molecule has 0 amide bonds. The molecule has 1 aromatic carbocycles. The van der Waals surface area contributed by atoms with Gasteiger partial charge in [-0.1, -0.05) is 36.8 Å². The van der Waals surface area contributed by atoms with E-state index in [1.54, 1.807) is 12.3 Å². The lowest BCUT2D eigenvalue weighted by atomic mass is 9.66. The number of aromatic nitrogens is 3. The quantitative estimate of drug-likeness (QED) is 0.753. The maximum Gasteiger partial charge on any atom is 0.235 e. The summed E-state index contributed by atoms with van der Waals surface area (Å²) in [5.41, 5.74) is 1.36. The van der Waals surface area contributed by atoms with Gasteiger partial charge in [0.05, 0.1) is 5.69 Å². The second-order valence-electron chi connectivity index (χ2n) is 6.11. The van der Waals surface area contributed by atoms with Crippen LogP contribution in [0.15, 0.2) is 48.7 Å². The van der Waals surface area contributed by atoms with Gasteiger partial charge in [-0.2, -0.15) is 9.36 Å². The van der Waals surface area contributed by atoms with Gasteiger partial charge in [0.25, 0.3) is 0 Å². The minimum absolute atomic E-state index is 0.227. The van der Waals surface area contributed by atoms with Crippen molar-refractivity contribution < 1.29 is 4.39 Å². The van der Waals surface area contributed by atoms with Gasteiger partial charge in [0.1, 0.15) is 10.8 Å². The van der Waals surface area contributed by atoms with Crippen LogP contribution in [-0.2, 0) is 5.41 Å². The van der Waals surface area contributed by atoms with Crippen LogP contribution in [-0.4, -0.2) is 20.9 Å². The Bertz CT molecular complexity index is 830. The number of halogens is 1. The molecule has 6 heteroatoms.